The van der Waals surface area contributed by atoms with Crippen molar-refractivity contribution < 1.29 is 4.42 Å². The Kier molecular flexibility index (Phi) is 7.52. The fourth-order valence-corrected chi connectivity index (χ4v) is 10.6. The Morgan fingerprint density at radius 2 is 1.02 bits per heavy atom. The van der Waals surface area contributed by atoms with E-state index in [1.165, 1.54) is 60.4 Å². The van der Waals surface area contributed by atoms with Crippen molar-refractivity contribution in [3.63, 3.8) is 0 Å². The Bertz CT molecular complexity index is 3670. The normalized spacial score (nSPS) is 13.0. The molecule has 0 bridgehead atoms. The number of anilines is 3. The average Bonchev–Trinajstić information content (AvgIpc) is 3.99. The lowest BCUT2D eigenvalue weighted by molar-refractivity contribution is 0.669. The van der Waals surface area contributed by atoms with Crippen LogP contribution in [0.25, 0.3) is 71.3 Å². The summed E-state index contributed by atoms with van der Waals surface area (Å²) >= 11 is 0. The number of hydrogen-bond acceptors (Lipinski definition) is 2. The van der Waals surface area contributed by atoms with E-state index < -0.39 is 5.41 Å². The number of furan rings is 1. The molecule has 0 fully saturated rings. The van der Waals surface area contributed by atoms with Crippen molar-refractivity contribution in [3.8, 4) is 16.8 Å². The summed E-state index contributed by atoms with van der Waals surface area (Å²) in [5.74, 6) is 0. The van der Waals surface area contributed by atoms with E-state index in [0.717, 1.165) is 50.2 Å². The largest absolute Gasteiger partial charge is 0.456 e. The molecule has 1 aliphatic rings. The summed E-state index contributed by atoms with van der Waals surface area (Å²) in [7, 11) is 0. The quantitative estimate of drug-likeness (QED) is 0.167. The van der Waals surface area contributed by atoms with Gasteiger partial charge in [-0.2, -0.15) is 0 Å². The predicted octanol–water partition coefficient (Wildman–Crippen LogP) is 15.7. The number of nitrogens with zero attached hydrogens (tertiary/aromatic N) is 2. The lowest BCUT2D eigenvalue weighted by atomic mass is 9.67. The van der Waals surface area contributed by atoms with Gasteiger partial charge in [-0.3, -0.25) is 0 Å². The standard InChI is InChI=1S/C59H38N2O/c1-3-18-41(19-4-1)59(42-20-5-2-6-21-42)51-25-12-9-22-46(51)47-34-32-45(38-52(47)59)60(55-27-15-29-57-58(55)49-24-11-14-28-56(49)62-57)44-33-35-54-50(37-44)48-23-10-13-26-53(48)61(54)43-31-30-39-16-7-8-17-40(39)36-43/h1-38H. The molecule has 2 aromatic heterocycles. The van der Waals surface area contributed by atoms with E-state index in [4.69, 9.17) is 4.42 Å². The minimum absolute atomic E-state index is 0.540. The maximum Gasteiger partial charge on any atom is 0.137 e. The number of hydrogen-bond donors (Lipinski definition) is 0. The first-order chi connectivity index (χ1) is 30.8. The molecule has 290 valence electrons. The molecule has 62 heavy (non-hydrogen) atoms. The summed E-state index contributed by atoms with van der Waals surface area (Å²) in [6, 6.07) is 84.2. The van der Waals surface area contributed by atoms with Gasteiger partial charge in [0.05, 0.1) is 27.5 Å². The Labute approximate surface area is 359 Å². The van der Waals surface area contributed by atoms with Gasteiger partial charge >= 0.3 is 0 Å². The molecule has 0 unspecified atom stereocenters. The molecule has 0 aliphatic heterocycles. The smallest absolute Gasteiger partial charge is 0.137 e. The zero-order valence-electron chi connectivity index (χ0n) is 33.7. The van der Waals surface area contributed by atoms with Crippen molar-refractivity contribution in [1.82, 2.24) is 4.57 Å². The van der Waals surface area contributed by atoms with Gasteiger partial charge in [-0.25, -0.2) is 0 Å². The first-order valence-electron chi connectivity index (χ1n) is 21.3. The minimum Gasteiger partial charge on any atom is -0.456 e. The topological polar surface area (TPSA) is 21.3 Å². The first-order valence-corrected chi connectivity index (χ1v) is 21.3. The van der Waals surface area contributed by atoms with Crippen molar-refractivity contribution in [2.45, 2.75) is 5.41 Å². The van der Waals surface area contributed by atoms with Gasteiger partial charge in [0.15, 0.2) is 0 Å². The molecule has 0 N–H and O–H groups in total. The highest BCUT2D eigenvalue weighted by Crippen LogP contribution is 2.57. The van der Waals surface area contributed by atoms with E-state index in [1.54, 1.807) is 0 Å². The van der Waals surface area contributed by atoms with Gasteiger partial charge in [-0.1, -0.05) is 164 Å². The van der Waals surface area contributed by atoms with Crippen LogP contribution >= 0.6 is 0 Å². The Morgan fingerprint density at radius 1 is 0.387 bits per heavy atom. The summed E-state index contributed by atoms with van der Waals surface area (Å²) in [4.78, 5) is 2.45. The Hall–Kier alpha value is -8.14. The second-order valence-corrected chi connectivity index (χ2v) is 16.4. The van der Waals surface area contributed by atoms with Crippen LogP contribution in [0.5, 0.6) is 0 Å². The fourth-order valence-electron chi connectivity index (χ4n) is 10.6. The molecule has 0 saturated heterocycles. The molecule has 0 amide bonds. The molecule has 0 saturated carbocycles. The van der Waals surface area contributed by atoms with Gasteiger partial charge in [0.1, 0.15) is 11.2 Å². The van der Waals surface area contributed by atoms with Crippen LogP contribution in [0, 0.1) is 0 Å². The number of benzene rings is 10. The lowest BCUT2D eigenvalue weighted by Crippen LogP contribution is -2.28. The molecule has 10 aromatic carbocycles. The van der Waals surface area contributed by atoms with E-state index in [-0.39, 0.29) is 0 Å². The highest BCUT2D eigenvalue weighted by Gasteiger charge is 2.46. The molecular formula is C59H38N2O. The monoisotopic (exact) mass is 790 g/mol. The number of para-hydroxylation sites is 2. The van der Waals surface area contributed by atoms with Crippen LogP contribution in [-0.2, 0) is 5.41 Å². The zero-order valence-corrected chi connectivity index (χ0v) is 33.7. The van der Waals surface area contributed by atoms with Crippen LogP contribution in [0.2, 0.25) is 0 Å². The van der Waals surface area contributed by atoms with Crippen molar-refractivity contribution in [3.05, 3.63) is 253 Å². The Morgan fingerprint density at radius 3 is 1.85 bits per heavy atom. The van der Waals surface area contributed by atoms with E-state index >= 15 is 0 Å². The highest BCUT2D eigenvalue weighted by molar-refractivity contribution is 6.15. The summed E-state index contributed by atoms with van der Waals surface area (Å²) in [6.45, 7) is 0. The molecule has 0 spiro atoms. The number of aromatic nitrogens is 1. The molecule has 2 heterocycles. The second-order valence-electron chi connectivity index (χ2n) is 16.4. The van der Waals surface area contributed by atoms with Gasteiger partial charge in [-0.05, 0) is 111 Å². The molecule has 12 aromatic rings. The van der Waals surface area contributed by atoms with Crippen LogP contribution in [0.1, 0.15) is 22.3 Å². The average molecular weight is 791 g/mol. The summed E-state index contributed by atoms with van der Waals surface area (Å²) < 4.78 is 8.97. The van der Waals surface area contributed by atoms with Crippen LogP contribution in [0.4, 0.5) is 17.1 Å². The predicted molar refractivity (Wildman–Crippen MR) is 258 cm³/mol. The SMILES string of the molecule is c1ccc(C2(c3ccccc3)c3ccccc3-c3ccc(N(c4ccc5c(c4)c4ccccc4n5-c4ccc5ccccc5c4)c4cccc5oc6ccccc6c45)cc32)cc1. The molecule has 0 atom stereocenters. The highest BCUT2D eigenvalue weighted by atomic mass is 16.3. The van der Waals surface area contributed by atoms with Gasteiger partial charge < -0.3 is 13.9 Å². The summed E-state index contributed by atoms with van der Waals surface area (Å²) in [5.41, 5.74) is 15.4. The third-order valence-corrected chi connectivity index (χ3v) is 13.2. The molecule has 3 heteroatoms. The van der Waals surface area contributed by atoms with Crippen molar-refractivity contribution in [2.24, 2.45) is 0 Å². The van der Waals surface area contributed by atoms with Gasteiger partial charge in [0.2, 0.25) is 0 Å². The fraction of sp³-hybridized carbons (Fsp3) is 0.0169. The van der Waals surface area contributed by atoms with Crippen molar-refractivity contribution >= 4 is 71.6 Å². The van der Waals surface area contributed by atoms with E-state index in [0.29, 0.717) is 0 Å². The minimum atomic E-state index is -0.540. The lowest BCUT2D eigenvalue weighted by Gasteiger charge is -2.35. The van der Waals surface area contributed by atoms with Crippen LogP contribution in [-0.4, -0.2) is 4.57 Å². The first kappa shape index (κ1) is 34.7. The Balaban J connectivity index is 1.10. The molecular weight excluding hydrogens is 753 g/mol. The molecule has 1 aliphatic carbocycles. The van der Waals surface area contributed by atoms with Crippen molar-refractivity contribution in [1.29, 1.82) is 0 Å². The maximum absolute atomic E-state index is 6.56. The van der Waals surface area contributed by atoms with E-state index in [1.807, 2.05) is 6.07 Å². The van der Waals surface area contributed by atoms with Crippen LogP contribution < -0.4 is 4.90 Å². The van der Waals surface area contributed by atoms with E-state index in [9.17, 15) is 0 Å². The maximum atomic E-state index is 6.56. The number of fused-ring (bicyclic) bond motifs is 10. The molecule has 3 nitrogen and oxygen atoms in total. The van der Waals surface area contributed by atoms with Gasteiger partial charge in [0, 0.05) is 33.2 Å². The summed E-state index contributed by atoms with van der Waals surface area (Å²) in [5, 5.41) is 7.03. The van der Waals surface area contributed by atoms with Crippen molar-refractivity contribution in [2.75, 3.05) is 4.90 Å². The van der Waals surface area contributed by atoms with E-state index in [2.05, 4.69) is 234 Å². The molecule has 0 radical (unpaired) electrons. The van der Waals surface area contributed by atoms with Crippen LogP contribution in [0.3, 0.4) is 0 Å². The number of rotatable bonds is 6. The molecule has 13 rings (SSSR count). The summed E-state index contributed by atoms with van der Waals surface area (Å²) in [6.07, 6.45) is 0. The third-order valence-electron chi connectivity index (χ3n) is 13.2. The third kappa shape index (κ3) is 4.94. The van der Waals surface area contributed by atoms with Gasteiger partial charge in [-0.15, -0.1) is 0 Å². The van der Waals surface area contributed by atoms with Gasteiger partial charge in [0.25, 0.3) is 0 Å². The van der Waals surface area contributed by atoms with Crippen LogP contribution in [0.15, 0.2) is 235 Å². The second kappa shape index (κ2) is 13.4. The zero-order chi connectivity index (χ0) is 40.8.